The van der Waals surface area contributed by atoms with Crippen molar-refractivity contribution in [3.05, 3.63) is 29.1 Å². The molecule has 0 heterocycles. The monoisotopic (exact) mass is 304 g/mol. The fraction of sp³-hybridized carbons (Fsp3) is 0.556. The van der Waals surface area contributed by atoms with Crippen molar-refractivity contribution < 1.29 is 9.18 Å². The summed E-state index contributed by atoms with van der Waals surface area (Å²) in [4.78, 5) is 18.5. The number of carbonyl (C=O) groups is 1. The lowest BCUT2D eigenvalue weighted by atomic mass is 9.95. The minimum Gasteiger partial charge on any atom is -0.366 e. The highest BCUT2D eigenvalue weighted by atomic mass is 19.1. The van der Waals surface area contributed by atoms with Crippen LogP contribution < -0.4 is 0 Å². The Labute approximate surface area is 132 Å². The standard InChI is InChI=1S/C18H25FN2O/c1-4-21(3)12-20-17-11-16(19)15(9-13(17)2)18(22)10-14-7-5-6-8-14/h9,11-12,14H,4-8,10H2,1-3H3. The van der Waals surface area contributed by atoms with Gasteiger partial charge in [0.2, 0.25) is 0 Å². The molecule has 1 saturated carbocycles. The van der Waals surface area contributed by atoms with Gasteiger partial charge in [0.15, 0.2) is 5.78 Å². The van der Waals surface area contributed by atoms with Crippen molar-refractivity contribution in [2.75, 3.05) is 13.6 Å². The zero-order valence-electron chi connectivity index (χ0n) is 13.7. The number of nitrogens with zero attached hydrogens (tertiary/aromatic N) is 2. The van der Waals surface area contributed by atoms with Crippen molar-refractivity contribution in [2.24, 2.45) is 10.9 Å². The van der Waals surface area contributed by atoms with Crippen LogP contribution in [0.15, 0.2) is 17.1 Å². The van der Waals surface area contributed by atoms with Gasteiger partial charge in [0.05, 0.1) is 17.6 Å². The Morgan fingerprint density at radius 1 is 1.41 bits per heavy atom. The zero-order valence-corrected chi connectivity index (χ0v) is 13.7. The van der Waals surface area contributed by atoms with E-state index in [-0.39, 0.29) is 11.3 Å². The number of carbonyl (C=O) groups excluding carboxylic acids is 1. The lowest BCUT2D eigenvalue weighted by molar-refractivity contribution is 0.0958. The molecule has 1 aromatic rings. The van der Waals surface area contributed by atoms with E-state index in [1.54, 1.807) is 12.4 Å². The second kappa shape index (κ2) is 7.52. The normalized spacial score (nSPS) is 15.6. The summed E-state index contributed by atoms with van der Waals surface area (Å²) in [5, 5.41) is 0. The van der Waals surface area contributed by atoms with Crippen LogP contribution in [0.5, 0.6) is 0 Å². The topological polar surface area (TPSA) is 32.7 Å². The maximum absolute atomic E-state index is 14.3. The molecule has 0 radical (unpaired) electrons. The molecule has 1 aromatic carbocycles. The number of aliphatic imine (C=N–C) groups is 1. The lowest BCUT2D eigenvalue weighted by Gasteiger charge is -2.11. The molecule has 2 rings (SSSR count). The van der Waals surface area contributed by atoms with E-state index in [1.165, 1.54) is 18.9 Å². The molecular formula is C18H25FN2O. The SMILES string of the molecule is CCN(C)C=Nc1cc(F)c(C(=O)CC2CCCC2)cc1C. The third-order valence-corrected chi connectivity index (χ3v) is 4.43. The number of hydrogen-bond acceptors (Lipinski definition) is 2. The van der Waals surface area contributed by atoms with E-state index in [9.17, 15) is 9.18 Å². The molecular weight excluding hydrogens is 279 g/mol. The fourth-order valence-electron chi connectivity index (χ4n) is 2.85. The quantitative estimate of drug-likeness (QED) is 0.440. The molecule has 0 atom stereocenters. The molecule has 22 heavy (non-hydrogen) atoms. The maximum atomic E-state index is 14.3. The summed E-state index contributed by atoms with van der Waals surface area (Å²) in [5.74, 6) is -0.100. The molecule has 0 saturated heterocycles. The molecule has 0 aromatic heterocycles. The Morgan fingerprint density at radius 2 is 2.09 bits per heavy atom. The van der Waals surface area contributed by atoms with Crippen molar-refractivity contribution in [1.29, 1.82) is 0 Å². The largest absolute Gasteiger partial charge is 0.366 e. The first-order chi connectivity index (χ1) is 10.5. The van der Waals surface area contributed by atoms with Crippen LogP contribution in [0.3, 0.4) is 0 Å². The minimum absolute atomic E-state index is 0.0753. The summed E-state index contributed by atoms with van der Waals surface area (Å²) >= 11 is 0. The molecule has 0 amide bonds. The summed E-state index contributed by atoms with van der Waals surface area (Å²) in [6.07, 6.45) is 6.73. The predicted molar refractivity (Wildman–Crippen MR) is 88.5 cm³/mol. The second-order valence-electron chi connectivity index (χ2n) is 6.21. The van der Waals surface area contributed by atoms with Crippen molar-refractivity contribution >= 4 is 17.8 Å². The second-order valence-corrected chi connectivity index (χ2v) is 6.21. The van der Waals surface area contributed by atoms with Crippen LogP contribution in [0, 0.1) is 18.7 Å². The van der Waals surface area contributed by atoms with E-state index in [0.29, 0.717) is 18.0 Å². The number of ketones is 1. The van der Waals surface area contributed by atoms with Crippen LogP contribution in [0.2, 0.25) is 0 Å². The lowest BCUT2D eigenvalue weighted by Crippen LogP contribution is -2.14. The number of hydrogen-bond donors (Lipinski definition) is 0. The Hall–Kier alpha value is -1.71. The van der Waals surface area contributed by atoms with Crippen LogP contribution in [0.25, 0.3) is 0 Å². The molecule has 1 aliphatic carbocycles. The fourth-order valence-corrected chi connectivity index (χ4v) is 2.85. The van der Waals surface area contributed by atoms with Gasteiger partial charge in [-0.25, -0.2) is 9.38 Å². The average Bonchev–Trinajstić information content (AvgIpc) is 3.00. The molecule has 0 unspecified atom stereocenters. The molecule has 0 bridgehead atoms. The Morgan fingerprint density at radius 3 is 2.73 bits per heavy atom. The zero-order chi connectivity index (χ0) is 16.1. The van der Waals surface area contributed by atoms with E-state index in [0.717, 1.165) is 24.9 Å². The highest BCUT2D eigenvalue weighted by Crippen LogP contribution is 2.30. The maximum Gasteiger partial charge on any atom is 0.166 e. The molecule has 0 spiro atoms. The summed E-state index contributed by atoms with van der Waals surface area (Å²) in [7, 11) is 1.91. The Bertz CT molecular complexity index is 562. The molecule has 1 aliphatic rings. The van der Waals surface area contributed by atoms with Crippen molar-refractivity contribution in [1.82, 2.24) is 4.90 Å². The summed E-state index contributed by atoms with van der Waals surface area (Å²) in [5.41, 5.74) is 1.62. The average molecular weight is 304 g/mol. The first-order valence-electron chi connectivity index (χ1n) is 8.09. The number of Topliss-reactive ketones (excluding diaryl/α,β-unsaturated/α-hetero) is 1. The third kappa shape index (κ3) is 4.15. The van der Waals surface area contributed by atoms with Crippen LogP contribution in [-0.4, -0.2) is 30.6 Å². The Kier molecular flexibility index (Phi) is 5.69. The first-order valence-corrected chi connectivity index (χ1v) is 8.09. The predicted octanol–water partition coefficient (Wildman–Crippen LogP) is 4.51. The first kappa shape index (κ1) is 16.7. The van der Waals surface area contributed by atoms with Gasteiger partial charge in [-0.3, -0.25) is 4.79 Å². The number of benzene rings is 1. The summed E-state index contributed by atoms with van der Waals surface area (Å²) in [6.45, 7) is 4.72. The van der Waals surface area contributed by atoms with Gasteiger partial charge in [0, 0.05) is 26.1 Å². The van der Waals surface area contributed by atoms with E-state index in [1.807, 2.05) is 25.8 Å². The van der Waals surface area contributed by atoms with Gasteiger partial charge in [-0.15, -0.1) is 0 Å². The minimum atomic E-state index is -0.458. The van der Waals surface area contributed by atoms with Crippen molar-refractivity contribution in [2.45, 2.75) is 46.0 Å². The molecule has 0 aliphatic heterocycles. The van der Waals surface area contributed by atoms with Gasteiger partial charge >= 0.3 is 0 Å². The highest BCUT2D eigenvalue weighted by Gasteiger charge is 2.21. The third-order valence-electron chi connectivity index (χ3n) is 4.43. The number of halogens is 1. The molecule has 1 fully saturated rings. The van der Waals surface area contributed by atoms with E-state index < -0.39 is 5.82 Å². The molecule has 3 nitrogen and oxygen atoms in total. The van der Waals surface area contributed by atoms with Crippen LogP contribution in [-0.2, 0) is 0 Å². The summed E-state index contributed by atoms with van der Waals surface area (Å²) in [6, 6.07) is 3.02. The Balaban J connectivity index is 2.14. The van der Waals surface area contributed by atoms with Gasteiger partial charge in [0.1, 0.15) is 5.82 Å². The number of aryl methyl sites for hydroxylation is 1. The van der Waals surface area contributed by atoms with Gasteiger partial charge in [0.25, 0.3) is 0 Å². The summed E-state index contributed by atoms with van der Waals surface area (Å²) < 4.78 is 14.3. The van der Waals surface area contributed by atoms with E-state index >= 15 is 0 Å². The van der Waals surface area contributed by atoms with E-state index in [4.69, 9.17) is 0 Å². The highest BCUT2D eigenvalue weighted by molar-refractivity contribution is 5.97. The molecule has 4 heteroatoms. The van der Waals surface area contributed by atoms with E-state index in [2.05, 4.69) is 4.99 Å². The van der Waals surface area contributed by atoms with Gasteiger partial charge in [-0.1, -0.05) is 25.7 Å². The van der Waals surface area contributed by atoms with Crippen molar-refractivity contribution in [3.63, 3.8) is 0 Å². The van der Waals surface area contributed by atoms with Gasteiger partial charge in [-0.2, -0.15) is 0 Å². The smallest absolute Gasteiger partial charge is 0.166 e. The van der Waals surface area contributed by atoms with Crippen molar-refractivity contribution in [3.8, 4) is 0 Å². The van der Waals surface area contributed by atoms with Crippen LogP contribution in [0.4, 0.5) is 10.1 Å². The van der Waals surface area contributed by atoms with Gasteiger partial charge in [-0.05, 0) is 31.4 Å². The van der Waals surface area contributed by atoms with Crippen LogP contribution in [0.1, 0.15) is 54.9 Å². The molecule has 0 N–H and O–H groups in total. The molecule has 120 valence electrons. The van der Waals surface area contributed by atoms with Crippen LogP contribution >= 0.6 is 0 Å². The number of rotatable bonds is 6. The van der Waals surface area contributed by atoms with Gasteiger partial charge < -0.3 is 4.90 Å².